The summed E-state index contributed by atoms with van der Waals surface area (Å²) in [5.41, 5.74) is 2.74. The molecule has 2 rings (SSSR count). The summed E-state index contributed by atoms with van der Waals surface area (Å²) in [7, 11) is 2.25. The standard InChI is InChI=1S/C16H26N2/c1-4-17-16(12-18(3)11-14-7-8-14)15-9-5-13(2)6-10-15/h5-6,9-10,14,16-17H,4,7-8,11-12H2,1-3H3. The predicted molar refractivity (Wildman–Crippen MR) is 77.8 cm³/mol. The highest BCUT2D eigenvalue weighted by Gasteiger charge is 2.24. The highest BCUT2D eigenvalue weighted by Crippen LogP contribution is 2.29. The fraction of sp³-hybridized carbons (Fsp3) is 0.625. The van der Waals surface area contributed by atoms with Crippen molar-refractivity contribution in [1.82, 2.24) is 10.2 Å². The minimum Gasteiger partial charge on any atom is -0.309 e. The molecule has 0 aromatic heterocycles. The molecule has 0 aliphatic heterocycles. The number of benzene rings is 1. The van der Waals surface area contributed by atoms with Gasteiger partial charge in [-0.15, -0.1) is 0 Å². The van der Waals surface area contributed by atoms with Crippen molar-refractivity contribution in [3.8, 4) is 0 Å². The number of likely N-dealkylation sites (N-methyl/N-ethyl adjacent to an activating group) is 2. The SMILES string of the molecule is CCNC(CN(C)CC1CC1)c1ccc(C)cc1. The van der Waals surface area contributed by atoms with Gasteiger partial charge < -0.3 is 10.2 Å². The summed E-state index contributed by atoms with van der Waals surface area (Å²) in [6.45, 7) is 7.71. The molecular weight excluding hydrogens is 220 g/mol. The third-order valence-corrected chi connectivity index (χ3v) is 3.69. The third-order valence-electron chi connectivity index (χ3n) is 3.69. The van der Waals surface area contributed by atoms with Gasteiger partial charge in [0.25, 0.3) is 0 Å². The van der Waals surface area contributed by atoms with Gasteiger partial charge in [0, 0.05) is 19.1 Å². The van der Waals surface area contributed by atoms with E-state index in [1.807, 2.05) is 0 Å². The predicted octanol–water partition coefficient (Wildman–Crippen LogP) is 2.99. The van der Waals surface area contributed by atoms with Gasteiger partial charge in [0.05, 0.1) is 0 Å². The van der Waals surface area contributed by atoms with E-state index in [0.717, 1.165) is 19.0 Å². The Morgan fingerprint density at radius 1 is 1.28 bits per heavy atom. The monoisotopic (exact) mass is 246 g/mol. The normalized spacial score (nSPS) is 17.1. The Kier molecular flexibility index (Phi) is 4.79. The van der Waals surface area contributed by atoms with Crippen LogP contribution in [0, 0.1) is 12.8 Å². The summed E-state index contributed by atoms with van der Waals surface area (Å²) in [4.78, 5) is 2.48. The summed E-state index contributed by atoms with van der Waals surface area (Å²) in [5.74, 6) is 0.968. The molecule has 0 bridgehead atoms. The molecule has 0 radical (unpaired) electrons. The van der Waals surface area contributed by atoms with Gasteiger partial charge in [0.1, 0.15) is 0 Å². The molecule has 2 heteroatoms. The maximum absolute atomic E-state index is 3.60. The Balaban J connectivity index is 1.95. The number of aryl methyl sites for hydroxylation is 1. The first-order valence-corrected chi connectivity index (χ1v) is 7.17. The van der Waals surface area contributed by atoms with Crippen molar-refractivity contribution in [2.24, 2.45) is 5.92 Å². The van der Waals surface area contributed by atoms with E-state index in [-0.39, 0.29) is 0 Å². The topological polar surface area (TPSA) is 15.3 Å². The van der Waals surface area contributed by atoms with Crippen molar-refractivity contribution in [2.45, 2.75) is 32.7 Å². The summed E-state index contributed by atoms with van der Waals surface area (Å²) in [6.07, 6.45) is 2.86. The molecule has 1 aliphatic rings. The molecule has 1 atom stereocenters. The van der Waals surface area contributed by atoms with Gasteiger partial charge in [-0.1, -0.05) is 36.8 Å². The van der Waals surface area contributed by atoms with Gasteiger partial charge in [-0.25, -0.2) is 0 Å². The van der Waals surface area contributed by atoms with E-state index in [4.69, 9.17) is 0 Å². The highest BCUT2D eigenvalue weighted by atomic mass is 15.1. The number of nitrogens with zero attached hydrogens (tertiary/aromatic N) is 1. The third kappa shape index (κ3) is 4.11. The summed E-state index contributed by atoms with van der Waals surface area (Å²) in [6, 6.07) is 9.39. The van der Waals surface area contributed by atoms with Crippen LogP contribution in [0.25, 0.3) is 0 Å². The van der Waals surface area contributed by atoms with Crippen molar-refractivity contribution >= 4 is 0 Å². The maximum Gasteiger partial charge on any atom is 0.0449 e. The second-order valence-corrected chi connectivity index (χ2v) is 5.69. The van der Waals surface area contributed by atoms with Crippen LogP contribution in [-0.4, -0.2) is 31.6 Å². The fourth-order valence-corrected chi connectivity index (χ4v) is 2.46. The largest absolute Gasteiger partial charge is 0.309 e. The Hall–Kier alpha value is -0.860. The van der Waals surface area contributed by atoms with E-state index < -0.39 is 0 Å². The molecule has 1 aromatic rings. The zero-order valence-electron chi connectivity index (χ0n) is 11.9. The summed E-state index contributed by atoms with van der Waals surface area (Å²) in [5, 5.41) is 3.60. The number of rotatable bonds is 7. The van der Waals surface area contributed by atoms with E-state index in [0.29, 0.717) is 6.04 Å². The lowest BCUT2D eigenvalue weighted by Gasteiger charge is -2.25. The molecule has 1 fully saturated rings. The fourth-order valence-electron chi connectivity index (χ4n) is 2.46. The Morgan fingerprint density at radius 3 is 2.50 bits per heavy atom. The molecule has 0 spiro atoms. The number of nitrogens with one attached hydrogen (secondary N) is 1. The molecule has 18 heavy (non-hydrogen) atoms. The average Bonchev–Trinajstić information content (AvgIpc) is 3.13. The molecule has 1 aromatic carbocycles. The summed E-state index contributed by atoms with van der Waals surface area (Å²) >= 11 is 0. The molecule has 2 nitrogen and oxygen atoms in total. The molecule has 1 saturated carbocycles. The lowest BCUT2D eigenvalue weighted by atomic mass is 10.0. The second kappa shape index (κ2) is 6.35. The minimum atomic E-state index is 0.458. The minimum absolute atomic E-state index is 0.458. The molecule has 0 heterocycles. The van der Waals surface area contributed by atoms with Crippen LogP contribution in [-0.2, 0) is 0 Å². The molecular formula is C16H26N2. The first-order chi connectivity index (χ1) is 8.69. The number of hydrogen-bond acceptors (Lipinski definition) is 2. The first-order valence-electron chi connectivity index (χ1n) is 7.17. The van der Waals surface area contributed by atoms with E-state index in [2.05, 4.69) is 55.4 Å². The first kappa shape index (κ1) is 13.6. The molecule has 0 amide bonds. The number of hydrogen-bond donors (Lipinski definition) is 1. The smallest absolute Gasteiger partial charge is 0.0449 e. The lowest BCUT2D eigenvalue weighted by Crippen LogP contribution is -2.34. The quantitative estimate of drug-likeness (QED) is 0.795. The van der Waals surface area contributed by atoms with Crippen molar-refractivity contribution in [1.29, 1.82) is 0 Å². The van der Waals surface area contributed by atoms with Crippen molar-refractivity contribution in [3.63, 3.8) is 0 Å². The Labute approximate surface area is 111 Å². The van der Waals surface area contributed by atoms with E-state index in [1.165, 1.54) is 30.5 Å². The van der Waals surface area contributed by atoms with Gasteiger partial charge in [0.2, 0.25) is 0 Å². The molecule has 1 aliphatic carbocycles. The van der Waals surface area contributed by atoms with Crippen LogP contribution >= 0.6 is 0 Å². The van der Waals surface area contributed by atoms with Crippen LogP contribution in [0.4, 0.5) is 0 Å². The molecule has 100 valence electrons. The van der Waals surface area contributed by atoms with Gasteiger partial charge in [0.15, 0.2) is 0 Å². The van der Waals surface area contributed by atoms with E-state index >= 15 is 0 Å². The molecule has 0 saturated heterocycles. The lowest BCUT2D eigenvalue weighted by molar-refractivity contribution is 0.282. The zero-order chi connectivity index (χ0) is 13.0. The van der Waals surface area contributed by atoms with Gasteiger partial charge >= 0.3 is 0 Å². The maximum atomic E-state index is 3.60. The van der Waals surface area contributed by atoms with Crippen LogP contribution in [0.1, 0.15) is 36.9 Å². The zero-order valence-corrected chi connectivity index (χ0v) is 11.9. The molecule has 1 N–H and O–H groups in total. The molecule has 1 unspecified atom stereocenters. The summed E-state index contributed by atoms with van der Waals surface area (Å²) < 4.78 is 0. The van der Waals surface area contributed by atoms with Crippen LogP contribution in [0.15, 0.2) is 24.3 Å². The van der Waals surface area contributed by atoms with Crippen molar-refractivity contribution in [3.05, 3.63) is 35.4 Å². The van der Waals surface area contributed by atoms with Crippen LogP contribution in [0.3, 0.4) is 0 Å². The van der Waals surface area contributed by atoms with Crippen molar-refractivity contribution in [2.75, 3.05) is 26.7 Å². The Morgan fingerprint density at radius 2 is 1.94 bits per heavy atom. The average molecular weight is 246 g/mol. The van der Waals surface area contributed by atoms with Gasteiger partial charge in [-0.3, -0.25) is 0 Å². The highest BCUT2D eigenvalue weighted by molar-refractivity contribution is 5.24. The Bertz CT molecular complexity index is 354. The van der Waals surface area contributed by atoms with E-state index in [9.17, 15) is 0 Å². The van der Waals surface area contributed by atoms with Crippen LogP contribution in [0.2, 0.25) is 0 Å². The second-order valence-electron chi connectivity index (χ2n) is 5.69. The van der Waals surface area contributed by atoms with Crippen LogP contribution < -0.4 is 5.32 Å². The van der Waals surface area contributed by atoms with Gasteiger partial charge in [-0.05, 0) is 44.8 Å². The van der Waals surface area contributed by atoms with E-state index in [1.54, 1.807) is 0 Å². The van der Waals surface area contributed by atoms with Crippen LogP contribution in [0.5, 0.6) is 0 Å². The van der Waals surface area contributed by atoms with Crippen molar-refractivity contribution < 1.29 is 0 Å². The van der Waals surface area contributed by atoms with Gasteiger partial charge in [-0.2, -0.15) is 0 Å².